The first-order valence-corrected chi connectivity index (χ1v) is 5.88. The van der Waals surface area contributed by atoms with Crippen molar-refractivity contribution in [3.63, 3.8) is 0 Å². The average molecular weight is 221 g/mol. The summed E-state index contributed by atoms with van der Waals surface area (Å²) < 4.78 is 0. The molecule has 16 heavy (non-hydrogen) atoms. The SMILES string of the molecule is C[C@H](O)c1ccccc1N(CCO)C1CC1. The number of anilines is 1. The zero-order chi connectivity index (χ0) is 11.5. The number of hydrogen-bond acceptors (Lipinski definition) is 3. The highest BCUT2D eigenvalue weighted by Gasteiger charge is 2.30. The van der Waals surface area contributed by atoms with E-state index in [0.717, 1.165) is 11.3 Å². The van der Waals surface area contributed by atoms with E-state index >= 15 is 0 Å². The van der Waals surface area contributed by atoms with Crippen LogP contribution < -0.4 is 4.90 Å². The number of nitrogens with zero attached hydrogens (tertiary/aromatic N) is 1. The van der Waals surface area contributed by atoms with Crippen LogP contribution in [-0.2, 0) is 0 Å². The summed E-state index contributed by atoms with van der Waals surface area (Å²) in [5, 5.41) is 18.8. The van der Waals surface area contributed by atoms with Gasteiger partial charge in [-0.15, -0.1) is 0 Å². The summed E-state index contributed by atoms with van der Waals surface area (Å²) in [6, 6.07) is 8.44. The van der Waals surface area contributed by atoms with E-state index in [1.165, 1.54) is 12.8 Å². The van der Waals surface area contributed by atoms with Gasteiger partial charge in [0, 0.05) is 23.8 Å². The van der Waals surface area contributed by atoms with E-state index < -0.39 is 6.10 Å². The van der Waals surface area contributed by atoms with Gasteiger partial charge in [-0.05, 0) is 25.8 Å². The molecule has 0 heterocycles. The molecular weight excluding hydrogens is 202 g/mol. The van der Waals surface area contributed by atoms with Crippen LogP contribution >= 0.6 is 0 Å². The molecule has 3 heteroatoms. The second-order valence-corrected chi connectivity index (χ2v) is 4.38. The van der Waals surface area contributed by atoms with Crippen molar-refractivity contribution in [2.45, 2.75) is 31.9 Å². The monoisotopic (exact) mass is 221 g/mol. The van der Waals surface area contributed by atoms with E-state index in [4.69, 9.17) is 5.11 Å². The van der Waals surface area contributed by atoms with Crippen molar-refractivity contribution in [3.05, 3.63) is 29.8 Å². The highest BCUT2D eigenvalue weighted by atomic mass is 16.3. The van der Waals surface area contributed by atoms with Crippen molar-refractivity contribution in [2.75, 3.05) is 18.1 Å². The number of aliphatic hydroxyl groups is 2. The quantitative estimate of drug-likeness (QED) is 0.795. The lowest BCUT2D eigenvalue weighted by Gasteiger charge is -2.27. The molecule has 0 spiro atoms. The Morgan fingerprint density at radius 1 is 1.38 bits per heavy atom. The molecule has 2 rings (SSSR count). The summed E-state index contributed by atoms with van der Waals surface area (Å²) in [4.78, 5) is 2.21. The molecule has 0 bridgehead atoms. The zero-order valence-corrected chi connectivity index (χ0v) is 9.63. The van der Waals surface area contributed by atoms with Crippen molar-refractivity contribution in [3.8, 4) is 0 Å². The Kier molecular flexibility index (Phi) is 3.46. The van der Waals surface area contributed by atoms with Gasteiger partial charge in [0.25, 0.3) is 0 Å². The standard InChI is InChI=1S/C13H19NO2/c1-10(16)12-4-2-3-5-13(12)14(8-9-15)11-6-7-11/h2-5,10-11,15-16H,6-9H2,1H3/t10-/m0/s1. The van der Waals surface area contributed by atoms with Crippen LogP contribution in [0.4, 0.5) is 5.69 Å². The third kappa shape index (κ3) is 2.36. The van der Waals surface area contributed by atoms with Gasteiger partial charge in [-0.1, -0.05) is 18.2 Å². The maximum atomic E-state index is 9.73. The highest BCUT2D eigenvalue weighted by molar-refractivity contribution is 5.56. The number of aliphatic hydroxyl groups excluding tert-OH is 2. The van der Waals surface area contributed by atoms with Crippen molar-refractivity contribution in [1.29, 1.82) is 0 Å². The van der Waals surface area contributed by atoms with Gasteiger partial charge in [0.15, 0.2) is 0 Å². The van der Waals surface area contributed by atoms with Gasteiger partial charge in [0.1, 0.15) is 0 Å². The molecule has 0 radical (unpaired) electrons. The molecule has 0 aromatic heterocycles. The minimum Gasteiger partial charge on any atom is -0.395 e. The molecule has 0 amide bonds. The second kappa shape index (κ2) is 4.85. The Hall–Kier alpha value is -1.06. The van der Waals surface area contributed by atoms with Crippen molar-refractivity contribution < 1.29 is 10.2 Å². The van der Waals surface area contributed by atoms with E-state index in [1.54, 1.807) is 6.92 Å². The molecule has 1 aliphatic carbocycles. The Morgan fingerprint density at radius 3 is 2.62 bits per heavy atom. The van der Waals surface area contributed by atoms with Crippen molar-refractivity contribution in [2.24, 2.45) is 0 Å². The van der Waals surface area contributed by atoms with Gasteiger partial charge in [0.2, 0.25) is 0 Å². The van der Waals surface area contributed by atoms with Gasteiger partial charge in [-0.2, -0.15) is 0 Å². The molecule has 3 nitrogen and oxygen atoms in total. The Morgan fingerprint density at radius 2 is 2.06 bits per heavy atom. The summed E-state index contributed by atoms with van der Waals surface area (Å²) in [6.07, 6.45) is 1.92. The fourth-order valence-corrected chi connectivity index (χ4v) is 2.10. The van der Waals surface area contributed by atoms with E-state index in [0.29, 0.717) is 12.6 Å². The molecule has 1 saturated carbocycles. The predicted octanol–water partition coefficient (Wildman–Crippen LogP) is 1.70. The Labute approximate surface area is 96.3 Å². The van der Waals surface area contributed by atoms with Crippen molar-refractivity contribution in [1.82, 2.24) is 0 Å². The number of benzene rings is 1. The maximum absolute atomic E-state index is 9.73. The largest absolute Gasteiger partial charge is 0.395 e. The van der Waals surface area contributed by atoms with Crippen LogP contribution in [0, 0.1) is 0 Å². The summed E-state index contributed by atoms with van der Waals surface area (Å²) in [5.74, 6) is 0. The van der Waals surface area contributed by atoms with Crippen molar-refractivity contribution >= 4 is 5.69 Å². The molecule has 1 atom stereocenters. The lowest BCUT2D eigenvalue weighted by Crippen LogP contribution is -2.30. The van der Waals surface area contributed by atoms with Gasteiger partial charge >= 0.3 is 0 Å². The predicted molar refractivity (Wildman–Crippen MR) is 64.5 cm³/mol. The number of rotatable bonds is 5. The average Bonchev–Trinajstić information content (AvgIpc) is 3.10. The van der Waals surface area contributed by atoms with Gasteiger partial charge < -0.3 is 15.1 Å². The first-order chi connectivity index (χ1) is 7.74. The molecule has 0 aliphatic heterocycles. The van der Waals surface area contributed by atoms with Gasteiger partial charge in [-0.3, -0.25) is 0 Å². The number of hydrogen-bond donors (Lipinski definition) is 2. The van der Waals surface area contributed by atoms with E-state index in [9.17, 15) is 5.11 Å². The normalized spacial score (nSPS) is 17.2. The third-order valence-electron chi connectivity index (χ3n) is 3.02. The van der Waals surface area contributed by atoms with Crippen LogP contribution in [0.1, 0.15) is 31.4 Å². The topological polar surface area (TPSA) is 43.7 Å². The molecule has 2 N–H and O–H groups in total. The highest BCUT2D eigenvalue weighted by Crippen LogP contribution is 2.35. The molecule has 0 unspecified atom stereocenters. The first kappa shape index (κ1) is 11.4. The molecule has 1 aromatic carbocycles. The molecule has 0 saturated heterocycles. The van der Waals surface area contributed by atoms with Crippen LogP contribution in [0.15, 0.2) is 24.3 Å². The number of para-hydroxylation sites is 1. The summed E-state index contributed by atoms with van der Waals surface area (Å²) in [5.41, 5.74) is 2.01. The van der Waals surface area contributed by atoms with Gasteiger partial charge in [-0.25, -0.2) is 0 Å². The maximum Gasteiger partial charge on any atom is 0.0781 e. The molecule has 1 fully saturated rings. The fraction of sp³-hybridized carbons (Fsp3) is 0.538. The zero-order valence-electron chi connectivity index (χ0n) is 9.63. The molecular formula is C13H19NO2. The minimum atomic E-state index is -0.462. The van der Waals surface area contributed by atoms with Gasteiger partial charge in [0.05, 0.1) is 12.7 Å². The Bertz CT molecular complexity index is 348. The fourth-order valence-electron chi connectivity index (χ4n) is 2.10. The lowest BCUT2D eigenvalue weighted by atomic mass is 10.1. The summed E-state index contributed by atoms with van der Waals surface area (Å²) >= 11 is 0. The summed E-state index contributed by atoms with van der Waals surface area (Å²) in [6.45, 7) is 2.59. The van der Waals surface area contributed by atoms with Crippen LogP contribution in [0.5, 0.6) is 0 Å². The third-order valence-corrected chi connectivity index (χ3v) is 3.02. The summed E-state index contributed by atoms with van der Waals surface area (Å²) in [7, 11) is 0. The first-order valence-electron chi connectivity index (χ1n) is 5.88. The smallest absolute Gasteiger partial charge is 0.0781 e. The van der Waals surface area contributed by atoms with E-state index in [1.807, 2.05) is 24.3 Å². The van der Waals surface area contributed by atoms with Crippen LogP contribution in [0.2, 0.25) is 0 Å². The van der Waals surface area contributed by atoms with Crippen LogP contribution in [0.25, 0.3) is 0 Å². The molecule has 88 valence electrons. The second-order valence-electron chi connectivity index (χ2n) is 4.38. The molecule has 1 aliphatic rings. The van der Waals surface area contributed by atoms with Crippen LogP contribution in [0.3, 0.4) is 0 Å². The van der Waals surface area contributed by atoms with E-state index in [2.05, 4.69) is 4.90 Å². The molecule has 1 aromatic rings. The van der Waals surface area contributed by atoms with Crippen LogP contribution in [-0.4, -0.2) is 29.4 Å². The minimum absolute atomic E-state index is 0.157. The lowest BCUT2D eigenvalue weighted by molar-refractivity contribution is 0.199. The Balaban J connectivity index is 2.28. The van der Waals surface area contributed by atoms with E-state index in [-0.39, 0.29) is 6.61 Å².